The molecule has 3 rings (SSSR count). The van der Waals surface area contributed by atoms with Crippen molar-refractivity contribution in [2.45, 2.75) is 46.6 Å². The molecule has 0 saturated carbocycles. The van der Waals surface area contributed by atoms with Crippen LogP contribution >= 0.6 is 0 Å². The van der Waals surface area contributed by atoms with Gasteiger partial charge >= 0.3 is 6.09 Å². The van der Waals surface area contributed by atoms with Gasteiger partial charge in [0.2, 0.25) is 6.20 Å². The van der Waals surface area contributed by atoms with E-state index in [4.69, 9.17) is 4.74 Å². The highest BCUT2D eigenvalue weighted by atomic mass is 16.6. The van der Waals surface area contributed by atoms with Crippen molar-refractivity contribution >= 4 is 22.6 Å². The van der Waals surface area contributed by atoms with Crippen molar-refractivity contribution in [2.75, 3.05) is 13.1 Å². The number of pyridine rings is 1. The normalized spacial score (nSPS) is 14.3. The molecule has 0 fully saturated rings. The standard InChI is InChI=1S/C19H23N2O3.C2H6/c1-19(2,3)24-18(22)20-10-8-14(9-11-20)16-12-15-6-4-5-7-17(15)21(23)13-16;1-2/h4-8,12-13,23H,9-11H2,1-3H3;1-2H3/q+1;. The molecule has 0 atom stereocenters. The Bertz CT molecular complexity index is 806. The molecule has 26 heavy (non-hydrogen) atoms. The summed E-state index contributed by atoms with van der Waals surface area (Å²) in [5.74, 6) is 0. The second-order valence-corrected chi connectivity index (χ2v) is 7.04. The van der Waals surface area contributed by atoms with Crippen molar-refractivity contribution in [2.24, 2.45) is 0 Å². The molecule has 1 amide bonds. The zero-order chi connectivity index (χ0) is 19.3. The van der Waals surface area contributed by atoms with Gasteiger partial charge in [0, 0.05) is 29.4 Å². The monoisotopic (exact) mass is 357 g/mol. The molecule has 0 spiro atoms. The Morgan fingerprint density at radius 1 is 1.23 bits per heavy atom. The lowest BCUT2D eigenvalue weighted by Gasteiger charge is -2.29. The Balaban J connectivity index is 0.00000117. The van der Waals surface area contributed by atoms with Crippen molar-refractivity contribution in [1.29, 1.82) is 0 Å². The lowest BCUT2D eigenvalue weighted by molar-refractivity contribution is -0.884. The molecule has 140 valence electrons. The van der Waals surface area contributed by atoms with Gasteiger partial charge in [0.05, 0.1) is 5.39 Å². The maximum Gasteiger partial charge on any atom is 0.410 e. The van der Waals surface area contributed by atoms with E-state index in [0.29, 0.717) is 13.1 Å². The zero-order valence-electron chi connectivity index (χ0n) is 16.3. The fraction of sp³-hybridized carbons (Fsp3) is 0.429. The third kappa shape index (κ3) is 4.75. The summed E-state index contributed by atoms with van der Waals surface area (Å²) in [6.07, 6.45) is 4.19. The molecule has 0 radical (unpaired) electrons. The van der Waals surface area contributed by atoms with Crippen molar-refractivity contribution in [3.8, 4) is 0 Å². The van der Waals surface area contributed by atoms with Crippen LogP contribution in [0.15, 0.2) is 42.6 Å². The SMILES string of the molecule is CC.CC(C)(C)OC(=O)N1CC=C(c2cc3ccccc3[n+](O)c2)CC1. The highest BCUT2D eigenvalue weighted by Gasteiger charge is 2.24. The number of carbonyl (C=O) groups excluding carboxylic acids is 1. The van der Waals surface area contributed by atoms with Gasteiger partial charge < -0.3 is 9.64 Å². The van der Waals surface area contributed by atoms with Crippen LogP contribution in [0.2, 0.25) is 0 Å². The van der Waals surface area contributed by atoms with E-state index in [2.05, 4.69) is 6.07 Å². The minimum Gasteiger partial charge on any atom is -0.444 e. The van der Waals surface area contributed by atoms with Crippen molar-refractivity contribution in [1.82, 2.24) is 4.90 Å². The Morgan fingerprint density at radius 3 is 2.54 bits per heavy atom. The molecule has 2 heterocycles. The van der Waals surface area contributed by atoms with E-state index >= 15 is 0 Å². The molecule has 5 nitrogen and oxygen atoms in total. The Hall–Kier alpha value is -2.56. The number of para-hydroxylation sites is 1. The van der Waals surface area contributed by atoms with Crippen LogP contribution in [0.25, 0.3) is 16.5 Å². The minimum absolute atomic E-state index is 0.284. The summed E-state index contributed by atoms with van der Waals surface area (Å²) in [5.41, 5.74) is 2.39. The molecule has 0 unspecified atom stereocenters. The van der Waals surface area contributed by atoms with Gasteiger partial charge in [0.25, 0.3) is 5.52 Å². The van der Waals surface area contributed by atoms with Gasteiger partial charge in [-0.25, -0.2) is 4.79 Å². The van der Waals surface area contributed by atoms with E-state index < -0.39 is 5.60 Å². The number of hydrogen-bond acceptors (Lipinski definition) is 3. The van der Waals surface area contributed by atoms with E-state index in [1.165, 1.54) is 0 Å². The number of nitrogens with zero attached hydrogens (tertiary/aromatic N) is 2. The molecule has 0 aliphatic carbocycles. The highest BCUT2D eigenvalue weighted by molar-refractivity contribution is 5.80. The number of hydrogen-bond donors (Lipinski definition) is 1. The first-order chi connectivity index (χ1) is 12.3. The van der Waals surface area contributed by atoms with Crippen molar-refractivity contribution in [3.63, 3.8) is 0 Å². The Labute approximate surface area is 155 Å². The lowest BCUT2D eigenvalue weighted by atomic mass is 10.00. The first-order valence-corrected chi connectivity index (χ1v) is 9.14. The number of rotatable bonds is 1. The zero-order valence-corrected chi connectivity index (χ0v) is 16.3. The van der Waals surface area contributed by atoms with Gasteiger partial charge in [-0.05, 0) is 44.9 Å². The summed E-state index contributed by atoms with van der Waals surface area (Å²) in [5, 5.41) is 11.1. The number of aromatic nitrogens is 1. The lowest BCUT2D eigenvalue weighted by Crippen LogP contribution is -2.39. The van der Waals surface area contributed by atoms with Crippen LogP contribution in [0, 0.1) is 0 Å². The maximum atomic E-state index is 12.1. The second-order valence-electron chi connectivity index (χ2n) is 7.04. The molecule has 1 aromatic heterocycles. The van der Waals surface area contributed by atoms with Gasteiger partial charge in [-0.2, -0.15) is 0 Å². The maximum absolute atomic E-state index is 12.1. The molecule has 1 aliphatic rings. The number of ether oxygens (including phenoxy) is 1. The Kier molecular flexibility index (Phi) is 6.24. The summed E-state index contributed by atoms with van der Waals surface area (Å²) < 4.78 is 6.57. The van der Waals surface area contributed by atoms with E-state index in [9.17, 15) is 10.0 Å². The molecular formula is C21H29N2O3+. The van der Waals surface area contributed by atoms with Crippen molar-refractivity contribution < 1.29 is 19.5 Å². The minimum atomic E-state index is -0.484. The van der Waals surface area contributed by atoms with Crippen LogP contribution in [0.4, 0.5) is 4.79 Å². The third-order valence-corrected chi connectivity index (χ3v) is 3.99. The summed E-state index contributed by atoms with van der Waals surface area (Å²) in [6, 6.07) is 9.76. The number of amides is 1. The Morgan fingerprint density at radius 2 is 1.92 bits per heavy atom. The molecule has 1 N–H and O–H groups in total. The van der Waals surface area contributed by atoms with Crippen LogP contribution in [-0.2, 0) is 4.74 Å². The van der Waals surface area contributed by atoms with E-state index in [1.54, 1.807) is 11.1 Å². The first-order valence-electron chi connectivity index (χ1n) is 9.14. The largest absolute Gasteiger partial charge is 0.444 e. The van der Waals surface area contributed by atoms with Crippen LogP contribution in [-0.4, -0.2) is 34.9 Å². The van der Waals surface area contributed by atoms with Crippen LogP contribution in [0.1, 0.15) is 46.6 Å². The van der Waals surface area contributed by atoms with E-state index in [0.717, 1.165) is 33.2 Å². The molecule has 0 bridgehead atoms. The molecule has 1 aliphatic heterocycles. The molecule has 5 heteroatoms. The summed E-state index contributed by atoms with van der Waals surface area (Å²) in [6.45, 7) is 10.7. The van der Waals surface area contributed by atoms with E-state index in [1.807, 2.05) is 65.0 Å². The number of fused-ring (bicyclic) bond motifs is 1. The van der Waals surface area contributed by atoms with Gasteiger partial charge in [0.15, 0.2) is 0 Å². The number of carbonyl (C=O) groups is 1. The smallest absolute Gasteiger partial charge is 0.410 e. The second kappa shape index (κ2) is 8.21. The molecule has 1 aromatic carbocycles. The predicted molar refractivity (Wildman–Crippen MR) is 103 cm³/mol. The number of benzene rings is 1. The molecule has 2 aromatic rings. The molecular weight excluding hydrogens is 328 g/mol. The average Bonchev–Trinajstić information content (AvgIpc) is 2.62. The van der Waals surface area contributed by atoms with Crippen molar-refractivity contribution in [3.05, 3.63) is 48.2 Å². The summed E-state index contributed by atoms with van der Waals surface area (Å²) in [4.78, 5) is 13.8. The first kappa shape index (κ1) is 19.8. The van der Waals surface area contributed by atoms with Gasteiger partial charge in [-0.3, -0.25) is 5.21 Å². The third-order valence-electron chi connectivity index (χ3n) is 3.99. The van der Waals surface area contributed by atoms with E-state index in [-0.39, 0.29) is 6.09 Å². The highest BCUT2D eigenvalue weighted by Crippen LogP contribution is 2.24. The fourth-order valence-corrected chi connectivity index (χ4v) is 2.82. The predicted octanol–water partition coefficient (Wildman–Crippen LogP) is 4.42. The quantitative estimate of drug-likeness (QED) is 0.607. The van der Waals surface area contributed by atoms with Gasteiger partial charge in [-0.1, -0.05) is 32.1 Å². The van der Waals surface area contributed by atoms with Gasteiger partial charge in [0.1, 0.15) is 5.60 Å². The summed E-state index contributed by atoms with van der Waals surface area (Å²) in [7, 11) is 0. The van der Waals surface area contributed by atoms with Crippen LogP contribution < -0.4 is 4.73 Å². The summed E-state index contributed by atoms with van der Waals surface area (Å²) >= 11 is 0. The average molecular weight is 357 g/mol. The molecule has 0 saturated heterocycles. The topological polar surface area (TPSA) is 53.7 Å². The fourth-order valence-electron chi connectivity index (χ4n) is 2.82. The van der Waals surface area contributed by atoms with Crippen LogP contribution in [0.3, 0.4) is 0 Å². The van der Waals surface area contributed by atoms with Crippen LogP contribution in [0.5, 0.6) is 0 Å². The van der Waals surface area contributed by atoms with Gasteiger partial charge in [-0.15, -0.1) is 0 Å².